The molecule has 0 aliphatic carbocycles. The molecule has 1 aromatic carbocycles. The Bertz CT molecular complexity index is 689. The minimum absolute atomic E-state index is 0.0157. The minimum atomic E-state index is -0.471. The standard InChI is InChI=1S/C16H16N2O5S/c1-22-16(19)12-3-6-14(7-4-12)23-9-2-10-24-15-8-5-13(11-17-15)18(20)21/h3-8,11H,2,9-10H2,1H3. The minimum Gasteiger partial charge on any atom is -0.494 e. The first-order valence-corrected chi connectivity index (χ1v) is 8.13. The molecule has 8 heteroatoms. The van der Waals surface area contributed by atoms with Crippen molar-refractivity contribution in [3.63, 3.8) is 0 Å². The first-order valence-electron chi connectivity index (χ1n) is 7.14. The number of esters is 1. The van der Waals surface area contributed by atoms with E-state index in [9.17, 15) is 14.9 Å². The van der Waals surface area contributed by atoms with E-state index < -0.39 is 4.92 Å². The maximum Gasteiger partial charge on any atom is 0.337 e. The van der Waals surface area contributed by atoms with Crippen molar-refractivity contribution in [3.05, 3.63) is 58.3 Å². The second-order valence-electron chi connectivity index (χ2n) is 4.68. The van der Waals surface area contributed by atoms with Crippen LogP contribution in [0.4, 0.5) is 5.69 Å². The van der Waals surface area contributed by atoms with E-state index in [-0.39, 0.29) is 11.7 Å². The lowest BCUT2D eigenvalue weighted by Gasteiger charge is -2.06. The van der Waals surface area contributed by atoms with Crippen molar-refractivity contribution in [1.29, 1.82) is 0 Å². The van der Waals surface area contributed by atoms with E-state index in [0.717, 1.165) is 17.2 Å². The van der Waals surface area contributed by atoms with Crippen LogP contribution < -0.4 is 4.74 Å². The van der Waals surface area contributed by atoms with Crippen LogP contribution in [0.25, 0.3) is 0 Å². The van der Waals surface area contributed by atoms with Crippen molar-refractivity contribution in [2.75, 3.05) is 19.5 Å². The predicted molar refractivity (Wildman–Crippen MR) is 89.5 cm³/mol. The summed E-state index contributed by atoms with van der Waals surface area (Å²) in [5.74, 6) is 1.08. The highest BCUT2D eigenvalue weighted by molar-refractivity contribution is 7.99. The molecule has 0 aliphatic rings. The number of nitrogens with zero attached hydrogens (tertiary/aromatic N) is 2. The van der Waals surface area contributed by atoms with Gasteiger partial charge in [0, 0.05) is 11.8 Å². The highest BCUT2D eigenvalue weighted by atomic mass is 32.2. The van der Waals surface area contributed by atoms with Gasteiger partial charge in [0.2, 0.25) is 0 Å². The predicted octanol–water partition coefficient (Wildman–Crippen LogP) is 3.34. The van der Waals surface area contributed by atoms with Gasteiger partial charge in [-0.1, -0.05) is 0 Å². The maximum atomic E-state index is 11.3. The molecular formula is C16H16N2O5S. The number of nitro groups is 1. The van der Waals surface area contributed by atoms with Crippen LogP contribution >= 0.6 is 11.8 Å². The zero-order valence-electron chi connectivity index (χ0n) is 13.0. The normalized spacial score (nSPS) is 10.2. The molecule has 2 aromatic rings. The third-order valence-corrected chi connectivity index (χ3v) is 4.04. The maximum absolute atomic E-state index is 11.3. The fourth-order valence-corrected chi connectivity index (χ4v) is 2.56. The molecule has 7 nitrogen and oxygen atoms in total. The van der Waals surface area contributed by atoms with E-state index in [2.05, 4.69) is 9.72 Å². The second kappa shape index (κ2) is 8.88. The van der Waals surface area contributed by atoms with E-state index in [1.54, 1.807) is 30.3 Å². The summed E-state index contributed by atoms with van der Waals surface area (Å²) in [7, 11) is 1.34. The summed E-state index contributed by atoms with van der Waals surface area (Å²) in [6, 6.07) is 9.81. The van der Waals surface area contributed by atoms with E-state index >= 15 is 0 Å². The van der Waals surface area contributed by atoms with Crippen molar-refractivity contribution in [2.24, 2.45) is 0 Å². The molecule has 0 atom stereocenters. The molecule has 0 spiro atoms. The van der Waals surface area contributed by atoms with Crippen LogP contribution in [0.2, 0.25) is 0 Å². The third-order valence-electron chi connectivity index (χ3n) is 3.01. The summed E-state index contributed by atoms with van der Waals surface area (Å²) >= 11 is 1.51. The molecule has 0 unspecified atom stereocenters. The van der Waals surface area contributed by atoms with Crippen LogP contribution in [0.15, 0.2) is 47.6 Å². The van der Waals surface area contributed by atoms with Gasteiger partial charge in [-0.3, -0.25) is 10.1 Å². The van der Waals surface area contributed by atoms with Crippen LogP contribution in [-0.4, -0.2) is 35.3 Å². The quantitative estimate of drug-likeness (QED) is 0.237. The lowest BCUT2D eigenvalue weighted by atomic mass is 10.2. The van der Waals surface area contributed by atoms with Gasteiger partial charge in [-0.15, -0.1) is 11.8 Å². The number of methoxy groups -OCH3 is 1. The van der Waals surface area contributed by atoms with Crippen molar-refractivity contribution in [2.45, 2.75) is 11.4 Å². The Labute approximate surface area is 143 Å². The van der Waals surface area contributed by atoms with Crippen LogP contribution in [0.5, 0.6) is 5.75 Å². The number of thioether (sulfide) groups is 1. The molecule has 1 heterocycles. The molecule has 126 valence electrons. The lowest BCUT2D eigenvalue weighted by Crippen LogP contribution is -2.02. The molecule has 0 N–H and O–H groups in total. The van der Waals surface area contributed by atoms with E-state index in [1.807, 2.05) is 0 Å². The number of aromatic nitrogens is 1. The Kier molecular flexibility index (Phi) is 6.56. The number of rotatable bonds is 8. The van der Waals surface area contributed by atoms with Gasteiger partial charge in [0.1, 0.15) is 11.9 Å². The van der Waals surface area contributed by atoms with E-state index in [0.29, 0.717) is 17.9 Å². The molecule has 0 amide bonds. The fourth-order valence-electron chi connectivity index (χ4n) is 1.80. The first-order chi connectivity index (χ1) is 11.6. The average molecular weight is 348 g/mol. The summed E-state index contributed by atoms with van der Waals surface area (Å²) in [5.41, 5.74) is 0.461. The number of hydrogen-bond donors (Lipinski definition) is 0. The number of ether oxygens (including phenoxy) is 2. The van der Waals surface area contributed by atoms with Gasteiger partial charge < -0.3 is 9.47 Å². The molecule has 0 fully saturated rings. The number of pyridine rings is 1. The Morgan fingerprint density at radius 1 is 1.25 bits per heavy atom. The average Bonchev–Trinajstić information content (AvgIpc) is 2.61. The van der Waals surface area contributed by atoms with Crippen LogP contribution in [-0.2, 0) is 4.74 Å². The Morgan fingerprint density at radius 3 is 2.58 bits per heavy atom. The number of carbonyl (C=O) groups is 1. The summed E-state index contributed by atoms with van der Waals surface area (Å²) in [6.07, 6.45) is 2.05. The van der Waals surface area contributed by atoms with Crippen molar-refractivity contribution < 1.29 is 19.2 Å². The summed E-state index contributed by atoms with van der Waals surface area (Å²) in [6.45, 7) is 0.525. The van der Waals surface area contributed by atoms with Gasteiger partial charge in [0.05, 0.1) is 29.2 Å². The fraction of sp³-hybridized carbons (Fsp3) is 0.250. The monoisotopic (exact) mass is 348 g/mol. The van der Waals surface area contributed by atoms with Gasteiger partial charge in [0.15, 0.2) is 0 Å². The van der Waals surface area contributed by atoms with E-state index in [4.69, 9.17) is 4.74 Å². The summed E-state index contributed by atoms with van der Waals surface area (Å²) in [5, 5.41) is 11.3. The highest BCUT2D eigenvalue weighted by Crippen LogP contribution is 2.19. The van der Waals surface area contributed by atoms with Gasteiger partial charge >= 0.3 is 5.97 Å². The van der Waals surface area contributed by atoms with Crippen LogP contribution in [0.1, 0.15) is 16.8 Å². The van der Waals surface area contributed by atoms with E-state index in [1.165, 1.54) is 31.1 Å². The molecule has 0 saturated carbocycles. The van der Waals surface area contributed by atoms with Gasteiger partial charge in [-0.25, -0.2) is 9.78 Å². The topological polar surface area (TPSA) is 91.6 Å². The van der Waals surface area contributed by atoms with Crippen LogP contribution in [0, 0.1) is 10.1 Å². The Balaban J connectivity index is 1.69. The molecule has 0 radical (unpaired) electrons. The number of benzene rings is 1. The van der Waals surface area contributed by atoms with Crippen molar-refractivity contribution >= 4 is 23.4 Å². The molecule has 0 bridgehead atoms. The van der Waals surface area contributed by atoms with Crippen LogP contribution in [0.3, 0.4) is 0 Å². The molecule has 24 heavy (non-hydrogen) atoms. The SMILES string of the molecule is COC(=O)c1ccc(OCCCSc2ccc([N+](=O)[O-])cn2)cc1. The highest BCUT2D eigenvalue weighted by Gasteiger charge is 2.06. The lowest BCUT2D eigenvalue weighted by molar-refractivity contribution is -0.385. The first kappa shape index (κ1) is 17.7. The van der Waals surface area contributed by atoms with Crippen molar-refractivity contribution in [3.8, 4) is 5.75 Å². The second-order valence-corrected chi connectivity index (χ2v) is 5.79. The zero-order chi connectivity index (χ0) is 17.4. The molecular weight excluding hydrogens is 332 g/mol. The Hall–Kier alpha value is -2.61. The summed E-state index contributed by atoms with van der Waals surface area (Å²) in [4.78, 5) is 25.4. The smallest absolute Gasteiger partial charge is 0.337 e. The summed E-state index contributed by atoms with van der Waals surface area (Å²) < 4.78 is 10.2. The number of hydrogen-bond acceptors (Lipinski definition) is 7. The Morgan fingerprint density at radius 2 is 2.00 bits per heavy atom. The van der Waals surface area contributed by atoms with Gasteiger partial charge in [-0.2, -0.15) is 0 Å². The molecule has 2 rings (SSSR count). The molecule has 1 aromatic heterocycles. The van der Waals surface area contributed by atoms with Gasteiger partial charge in [0.25, 0.3) is 5.69 Å². The third kappa shape index (κ3) is 5.24. The molecule has 0 saturated heterocycles. The largest absolute Gasteiger partial charge is 0.494 e. The van der Waals surface area contributed by atoms with Crippen molar-refractivity contribution in [1.82, 2.24) is 4.98 Å². The van der Waals surface area contributed by atoms with Gasteiger partial charge in [-0.05, 0) is 36.8 Å². The number of carbonyl (C=O) groups excluding carboxylic acids is 1. The zero-order valence-corrected chi connectivity index (χ0v) is 13.8. The molecule has 0 aliphatic heterocycles.